The monoisotopic (exact) mass is 329 g/mol. The van der Waals surface area contributed by atoms with Gasteiger partial charge in [0.25, 0.3) is 5.91 Å². The van der Waals surface area contributed by atoms with Crippen LogP contribution in [0, 0.1) is 0 Å². The van der Waals surface area contributed by atoms with E-state index in [1.807, 2.05) is 41.9 Å². The standard InChI is InChI=1S/C18H27N5O/c1-12(2)15-10-14(21-23(15)18(3,4)5)17(24)20-13-8-9-16(19-11-13)22(6)7/h8-12H,1-7H3,(H,20,24). The molecule has 0 aliphatic heterocycles. The molecule has 2 heterocycles. The Labute approximate surface area is 143 Å². The van der Waals surface area contributed by atoms with E-state index in [-0.39, 0.29) is 11.4 Å². The lowest BCUT2D eigenvalue weighted by Crippen LogP contribution is -2.26. The molecule has 0 bridgehead atoms. The fraction of sp³-hybridized carbons (Fsp3) is 0.500. The van der Waals surface area contributed by atoms with Gasteiger partial charge < -0.3 is 10.2 Å². The Kier molecular flexibility index (Phi) is 4.96. The van der Waals surface area contributed by atoms with Gasteiger partial charge in [0.05, 0.1) is 17.4 Å². The number of amides is 1. The number of carbonyl (C=O) groups excluding carboxylic acids is 1. The summed E-state index contributed by atoms with van der Waals surface area (Å²) >= 11 is 0. The summed E-state index contributed by atoms with van der Waals surface area (Å²) < 4.78 is 1.93. The quantitative estimate of drug-likeness (QED) is 0.933. The van der Waals surface area contributed by atoms with E-state index in [2.05, 4.69) is 50.0 Å². The van der Waals surface area contributed by atoms with Crippen molar-refractivity contribution in [2.75, 3.05) is 24.3 Å². The van der Waals surface area contributed by atoms with Gasteiger partial charge in [-0.1, -0.05) is 13.8 Å². The van der Waals surface area contributed by atoms with Gasteiger partial charge in [-0.05, 0) is 44.9 Å². The van der Waals surface area contributed by atoms with Crippen LogP contribution in [0.5, 0.6) is 0 Å². The molecule has 130 valence electrons. The highest BCUT2D eigenvalue weighted by Crippen LogP contribution is 2.24. The first-order valence-corrected chi connectivity index (χ1v) is 8.14. The van der Waals surface area contributed by atoms with E-state index >= 15 is 0 Å². The lowest BCUT2D eigenvalue weighted by Gasteiger charge is -2.23. The predicted molar refractivity (Wildman–Crippen MR) is 97.8 cm³/mol. The minimum Gasteiger partial charge on any atom is -0.363 e. The maximum atomic E-state index is 12.5. The average Bonchev–Trinajstić information content (AvgIpc) is 2.93. The molecule has 1 amide bonds. The minimum atomic E-state index is -0.223. The predicted octanol–water partition coefficient (Wildman–Crippen LogP) is 3.47. The van der Waals surface area contributed by atoms with Gasteiger partial charge >= 0.3 is 0 Å². The number of pyridine rings is 1. The summed E-state index contributed by atoms with van der Waals surface area (Å²) in [6.45, 7) is 10.4. The maximum Gasteiger partial charge on any atom is 0.276 e. The van der Waals surface area contributed by atoms with Crippen LogP contribution in [0.3, 0.4) is 0 Å². The van der Waals surface area contributed by atoms with Gasteiger partial charge in [-0.3, -0.25) is 9.48 Å². The van der Waals surface area contributed by atoms with Gasteiger partial charge in [0.15, 0.2) is 5.69 Å². The third-order valence-corrected chi connectivity index (χ3v) is 3.66. The van der Waals surface area contributed by atoms with Crippen molar-refractivity contribution in [2.24, 2.45) is 0 Å². The molecule has 0 unspecified atom stereocenters. The highest BCUT2D eigenvalue weighted by Gasteiger charge is 2.23. The smallest absolute Gasteiger partial charge is 0.276 e. The van der Waals surface area contributed by atoms with Crippen LogP contribution in [0.1, 0.15) is 56.7 Å². The maximum absolute atomic E-state index is 12.5. The summed E-state index contributed by atoms with van der Waals surface area (Å²) in [5.41, 5.74) is 1.95. The average molecular weight is 329 g/mol. The zero-order valence-electron chi connectivity index (χ0n) is 15.6. The number of carbonyl (C=O) groups is 1. The molecule has 2 rings (SSSR count). The van der Waals surface area contributed by atoms with Crippen LogP contribution in [-0.4, -0.2) is 34.8 Å². The Hall–Kier alpha value is -2.37. The Balaban J connectivity index is 2.24. The lowest BCUT2D eigenvalue weighted by molar-refractivity contribution is 0.102. The summed E-state index contributed by atoms with van der Waals surface area (Å²) in [4.78, 5) is 18.7. The first kappa shape index (κ1) is 18.0. The summed E-state index contributed by atoms with van der Waals surface area (Å²) in [6.07, 6.45) is 1.65. The van der Waals surface area contributed by atoms with Gasteiger partial charge in [0.2, 0.25) is 0 Å². The third kappa shape index (κ3) is 3.93. The molecule has 24 heavy (non-hydrogen) atoms. The van der Waals surface area contributed by atoms with Gasteiger partial charge in [0.1, 0.15) is 5.82 Å². The van der Waals surface area contributed by atoms with Crippen LogP contribution in [0.15, 0.2) is 24.4 Å². The second-order valence-corrected chi connectivity index (χ2v) is 7.45. The molecule has 0 spiro atoms. The van der Waals surface area contributed by atoms with Gasteiger partial charge in [0, 0.05) is 19.8 Å². The molecule has 1 N–H and O–H groups in total. The largest absolute Gasteiger partial charge is 0.363 e. The zero-order chi connectivity index (χ0) is 18.1. The molecule has 2 aromatic heterocycles. The highest BCUT2D eigenvalue weighted by atomic mass is 16.2. The molecular formula is C18H27N5O. The van der Waals surface area contributed by atoms with E-state index in [0.29, 0.717) is 17.3 Å². The number of nitrogens with zero attached hydrogens (tertiary/aromatic N) is 4. The van der Waals surface area contributed by atoms with E-state index in [1.54, 1.807) is 6.20 Å². The van der Waals surface area contributed by atoms with Crippen LogP contribution in [0.4, 0.5) is 11.5 Å². The van der Waals surface area contributed by atoms with Crippen molar-refractivity contribution in [2.45, 2.75) is 46.1 Å². The van der Waals surface area contributed by atoms with E-state index in [9.17, 15) is 4.79 Å². The molecule has 6 heteroatoms. The third-order valence-electron chi connectivity index (χ3n) is 3.66. The molecule has 6 nitrogen and oxygen atoms in total. The summed E-state index contributed by atoms with van der Waals surface area (Å²) in [5.74, 6) is 0.908. The number of hydrogen-bond donors (Lipinski definition) is 1. The zero-order valence-corrected chi connectivity index (χ0v) is 15.6. The minimum absolute atomic E-state index is 0.174. The summed E-state index contributed by atoms with van der Waals surface area (Å²) in [5, 5.41) is 7.38. The number of anilines is 2. The summed E-state index contributed by atoms with van der Waals surface area (Å²) in [7, 11) is 3.85. The second kappa shape index (κ2) is 6.63. The van der Waals surface area contributed by atoms with Crippen molar-refractivity contribution < 1.29 is 4.79 Å². The Morgan fingerprint density at radius 3 is 2.33 bits per heavy atom. The van der Waals surface area contributed by atoms with Crippen molar-refractivity contribution in [3.05, 3.63) is 35.8 Å². The van der Waals surface area contributed by atoms with E-state index < -0.39 is 0 Å². The molecule has 0 radical (unpaired) electrons. The second-order valence-electron chi connectivity index (χ2n) is 7.45. The van der Waals surface area contributed by atoms with Crippen molar-refractivity contribution >= 4 is 17.4 Å². The summed E-state index contributed by atoms with van der Waals surface area (Å²) in [6, 6.07) is 5.57. The fourth-order valence-corrected chi connectivity index (χ4v) is 2.37. The Morgan fingerprint density at radius 2 is 1.92 bits per heavy atom. The van der Waals surface area contributed by atoms with Crippen molar-refractivity contribution in [3.63, 3.8) is 0 Å². The molecule has 0 aliphatic carbocycles. The molecule has 2 aromatic rings. The van der Waals surface area contributed by atoms with Gasteiger partial charge in [-0.2, -0.15) is 5.10 Å². The van der Waals surface area contributed by atoms with Gasteiger partial charge in [-0.15, -0.1) is 0 Å². The van der Waals surface area contributed by atoms with Crippen LogP contribution in [0.2, 0.25) is 0 Å². The van der Waals surface area contributed by atoms with Crippen molar-refractivity contribution in [1.29, 1.82) is 0 Å². The number of hydrogen-bond acceptors (Lipinski definition) is 4. The SMILES string of the molecule is CC(C)c1cc(C(=O)Nc2ccc(N(C)C)nc2)nn1C(C)(C)C. The molecule has 0 fully saturated rings. The fourth-order valence-electron chi connectivity index (χ4n) is 2.37. The van der Waals surface area contributed by atoms with Crippen LogP contribution in [-0.2, 0) is 5.54 Å². The van der Waals surface area contributed by atoms with E-state index in [4.69, 9.17) is 0 Å². The topological polar surface area (TPSA) is 63.1 Å². The van der Waals surface area contributed by atoms with Crippen LogP contribution in [0.25, 0.3) is 0 Å². The molecule has 0 aliphatic rings. The van der Waals surface area contributed by atoms with E-state index in [0.717, 1.165) is 11.5 Å². The molecule has 0 saturated carbocycles. The van der Waals surface area contributed by atoms with Gasteiger partial charge in [-0.25, -0.2) is 4.98 Å². The first-order chi connectivity index (χ1) is 11.1. The molecule has 0 aromatic carbocycles. The normalized spacial score (nSPS) is 11.7. The number of aromatic nitrogens is 3. The number of nitrogens with one attached hydrogen (secondary N) is 1. The van der Waals surface area contributed by atoms with Crippen LogP contribution >= 0.6 is 0 Å². The Bertz CT molecular complexity index is 708. The number of rotatable bonds is 4. The van der Waals surface area contributed by atoms with Crippen LogP contribution < -0.4 is 10.2 Å². The van der Waals surface area contributed by atoms with Crippen molar-refractivity contribution in [3.8, 4) is 0 Å². The first-order valence-electron chi connectivity index (χ1n) is 8.14. The Morgan fingerprint density at radius 1 is 1.25 bits per heavy atom. The lowest BCUT2D eigenvalue weighted by atomic mass is 10.1. The molecular weight excluding hydrogens is 302 g/mol. The van der Waals surface area contributed by atoms with Crippen molar-refractivity contribution in [1.82, 2.24) is 14.8 Å². The molecule has 0 saturated heterocycles. The highest BCUT2D eigenvalue weighted by molar-refractivity contribution is 6.02. The van der Waals surface area contributed by atoms with E-state index in [1.165, 1.54) is 0 Å². The molecule has 0 atom stereocenters.